The minimum Gasteiger partial charge on any atom is -0.335 e. The molecule has 0 aliphatic carbocycles. The third kappa shape index (κ3) is 5.68. The number of nitrogens with one attached hydrogen (secondary N) is 4. The van der Waals surface area contributed by atoms with E-state index in [0.717, 1.165) is 35.0 Å². The standard InChI is InChI=1S/C28H26FN9O2S/c1-3-30-9-17-5-19(12-31-10-17)23-8-21-24(15-33-23)37-38-27(21)28-35-25-14-32-13-22(26(25)36-28)18-4-16(6-20(29)7-18)11-34-41(2,39)40/h4-8,10,12-15,30,34H,3,9,11H2,1-2H3,(H,35,36)(H,37,38). The SMILES string of the molecule is CCNCc1cncc(-c2cc3c(-c4nc5c(-c6cc(F)cc(CNS(C)(=O)=O)c6)cncc5[nH]4)[nH]nc3cn2)c1. The number of nitrogens with zero attached hydrogens (tertiary/aromatic N) is 5. The van der Waals surface area contributed by atoms with E-state index < -0.39 is 15.8 Å². The number of aromatic nitrogens is 7. The quantitative estimate of drug-likeness (QED) is 0.204. The molecule has 6 rings (SSSR count). The molecule has 0 unspecified atom stereocenters. The summed E-state index contributed by atoms with van der Waals surface area (Å²) in [6.07, 6.45) is 9.62. The number of fused-ring (bicyclic) bond motifs is 2. The molecule has 208 valence electrons. The number of imidazole rings is 1. The molecule has 11 nitrogen and oxygen atoms in total. The summed E-state index contributed by atoms with van der Waals surface area (Å²) in [6.45, 7) is 3.59. The maximum Gasteiger partial charge on any atom is 0.209 e. The van der Waals surface area contributed by atoms with Crippen molar-refractivity contribution >= 4 is 32.0 Å². The van der Waals surface area contributed by atoms with Crippen LogP contribution in [0.25, 0.3) is 55.8 Å². The summed E-state index contributed by atoms with van der Waals surface area (Å²) in [6, 6.07) is 8.38. The highest BCUT2D eigenvalue weighted by Crippen LogP contribution is 2.32. The lowest BCUT2D eigenvalue weighted by Crippen LogP contribution is -2.21. The fourth-order valence-electron chi connectivity index (χ4n) is 4.63. The summed E-state index contributed by atoms with van der Waals surface area (Å²) in [5, 5.41) is 11.6. The van der Waals surface area contributed by atoms with Gasteiger partial charge in [-0.3, -0.25) is 20.1 Å². The second-order valence-corrected chi connectivity index (χ2v) is 11.5. The summed E-state index contributed by atoms with van der Waals surface area (Å²) in [5.41, 5.74) is 6.86. The highest BCUT2D eigenvalue weighted by molar-refractivity contribution is 7.88. The monoisotopic (exact) mass is 571 g/mol. The van der Waals surface area contributed by atoms with Gasteiger partial charge in [0.05, 0.1) is 35.4 Å². The summed E-state index contributed by atoms with van der Waals surface area (Å²) in [4.78, 5) is 21.4. The van der Waals surface area contributed by atoms with Crippen LogP contribution in [0, 0.1) is 5.82 Å². The van der Waals surface area contributed by atoms with Crippen LogP contribution in [-0.2, 0) is 23.1 Å². The lowest BCUT2D eigenvalue weighted by atomic mass is 10.0. The van der Waals surface area contributed by atoms with Gasteiger partial charge in [0.15, 0.2) is 5.82 Å². The van der Waals surface area contributed by atoms with Gasteiger partial charge in [-0.05, 0) is 53.6 Å². The van der Waals surface area contributed by atoms with Gasteiger partial charge in [0, 0.05) is 48.2 Å². The molecule has 6 aromatic rings. The second-order valence-electron chi connectivity index (χ2n) is 9.66. The van der Waals surface area contributed by atoms with Crippen molar-refractivity contribution in [1.29, 1.82) is 0 Å². The molecule has 0 amide bonds. The zero-order chi connectivity index (χ0) is 28.6. The van der Waals surface area contributed by atoms with Crippen molar-refractivity contribution in [2.45, 2.75) is 20.0 Å². The Morgan fingerprint density at radius 3 is 2.59 bits per heavy atom. The molecule has 0 bridgehead atoms. The van der Waals surface area contributed by atoms with Gasteiger partial charge in [-0.15, -0.1) is 0 Å². The predicted molar refractivity (Wildman–Crippen MR) is 154 cm³/mol. The molecule has 1 aromatic carbocycles. The fraction of sp³-hybridized carbons (Fsp3) is 0.179. The van der Waals surface area contributed by atoms with E-state index in [1.54, 1.807) is 30.9 Å². The Morgan fingerprint density at radius 1 is 0.927 bits per heavy atom. The molecule has 5 aromatic heterocycles. The normalized spacial score (nSPS) is 12.0. The molecule has 0 saturated carbocycles. The van der Waals surface area contributed by atoms with Crippen LogP contribution in [0.1, 0.15) is 18.1 Å². The number of rotatable bonds is 9. The molecule has 0 spiro atoms. The van der Waals surface area contributed by atoms with Gasteiger partial charge in [-0.2, -0.15) is 5.10 Å². The van der Waals surface area contributed by atoms with E-state index >= 15 is 0 Å². The molecule has 0 aliphatic rings. The number of halogens is 1. The van der Waals surface area contributed by atoms with Crippen molar-refractivity contribution in [3.63, 3.8) is 0 Å². The van der Waals surface area contributed by atoms with E-state index in [0.29, 0.717) is 51.3 Å². The topological polar surface area (TPSA) is 154 Å². The average molecular weight is 572 g/mol. The Hall–Kier alpha value is -4.59. The zero-order valence-corrected chi connectivity index (χ0v) is 23.1. The number of pyridine rings is 3. The van der Waals surface area contributed by atoms with Gasteiger partial charge in [-0.25, -0.2) is 22.5 Å². The molecule has 5 heterocycles. The highest BCUT2D eigenvalue weighted by atomic mass is 32.2. The van der Waals surface area contributed by atoms with Crippen LogP contribution in [-0.4, -0.2) is 56.3 Å². The van der Waals surface area contributed by atoms with Crippen LogP contribution in [0.3, 0.4) is 0 Å². The number of hydrogen-bond donors (Lipinski definition) is 4. The highest BCUT2D eigenvalue weighted by Gasteiger charge is 2.17. The van der Waals surface area contributed by atoms with Crippen LogP contribution < -0.4 is 10.0 Å². The summed E-state index contributed by atoms with van der Waals surface area (Å²) in [5.74, 6) is 0.0347. The maximum atomic E-state index is 14.5. The number of benzene rings is 1. The van der Waals surface area contributed by atoms with Gasteiger partial charge in [0.25, 0.3) is 0 Å². The molecule has 13 heteroatoms. The Labute approximate surface area is 234 Å². The first-order valence-corrected chi connectivity index (χ1v) is 14.7. The molecule has 4 N–H and O–H groups in total. The Balaban J connectivity index is 1.39. The summed E-state index contributed by atoms with van der Waals surface area (Å²) >= 11 is 0. The van der Waals surface area contributed by atoms with Crippen LogP contribution in [0.2, 0.25) is 0 Å². The van der Waals surface area contributed by atoms with Crippen molar-refractivity contribution in [2.75, 3.05) is 12.8 Å². The minimum absolute atomic E-state index is 0.0388. The second kappa shape index (κ2) is 10.8. The van der Waals surface area contributed by atoms with Gasteiger partial charge >= 0.3 is 0 Å². The first kappa shape index (κ1) is 26.6. The molecular weight excluding hydrogens is 545 g/mol. The zero-order valence-electron chi connectivity index (χ0n) is 22.2. The predicted octanol–water partition coefficient (Wildman–Crippen LogP) is 3.92. The number of H-pyrrole nitrogens is 2. The van der Waals surface area contributed by atoms with E-state index in [9.17, 15) is 12.8 Å². The lowest BCUT2D eigenvalue weighted by Gasteiger charge is -2.07. The third-order valence-corrected chi connectivity index (χ3v) is 7.22. The van der Waals surface area contributed by atoms with Crippen LogP contribution in [0.15, 0.2) is 61.3 Å². The van der Waals surface area contributed by atoms with E-state index in [1.807, 2.05) is 12.3 Å². The van der Waals surface area contributed by atoms with Crippen molar-refractivity contribution < 1.29 is 12.8 Å². The first-order valence-electron chi connectivity index (χ1n) is 12.8. The van der Waals surface area contributed by atoms with E-state index in [2.05, 4.69) is 53.2 Å². The van der Waals surface area contributed by atoms with Crippen LogP contribution in [0.5, 0.6) is 0 Å². The summed E-state index contributed by atoms with van der Waals surface area (Å²) < 4.78 is 40.0. The molecule has 0 radical (unpaired) electrons. The van der Waals surface area contributed by atoms with Crippen molar-refractivity contribution in [2.24, 2.45) is 0 Å². The molecular formula is C28H26FN9O2S. The third-order valence-electron chi connectivity index (χ3n) is 6.55. The van der Waals surface area contributed by atoms with Gasteiger partial charge in [0.2, 0.25) is 10.0 Å². The van der Waals surface area contributed by atoms with Crippen LogP contribution in [0.4, 0.5) is 4.39 Å². The number of hydrogen-bond acceptors (Lipinski definition) is 8. The smallest absolute Gasteiger partial charge is 0.209 e. The van der Waals surface area contributed by atoms with E-state index in [-0.39, 0.29) is 6.54 Å². The largest absolute Gasteiger partial charge is 0.335 e. The van der Waals surface area contributed by atoms with Gasteiger partial charge in [-0.1, -0.05) is 6.92 Å². The Morgan fingerprint density at radius 2 is 1.76 bits per heavy atom. The van der Waals surface area contributed by atoms with Crippen molar-refractivity contribution in [3.05, 3.63) is 78.3 Å². The average Bonchev–Trinajstić information content (AvgIpc) is 3.58. The minimum atomic E-state index is -3.44. The molecule has 0 atom stereocenters. The van der Waals surface area contributed by atoms with Crippen molar-refractivity contribution in [1.82, 2.24) is 45.2 Å². The number of sulfonamides is 1. The van der Waals surface area contributed by atoms with Crippen molar-refractivity contribution in [3.8, 4) is 33.9 Å². The molecule has 0 fully saturated rings. The van der Waals surface area contributed by atoms with Crippen LogP contribution >= 0.6 is 0 Å². The number of aromatic amines is 2. The molecule has 41 heavy (non-hydrogen) atoms. The van der Waals surface area contributed by atoms with E-state index in [1.165, 1.54) is 12.1 Å². The lowest BCUT2D eigenvalue weighted by molar-refractivity contribution is 0.586. The molecule has 0 saturated heterocycles. The Kier molecular flexibility index (Phi) is 6.99. The fourth-order valence-corrected chi connectivity index (χ4v) is 5.06. The van der Waals surface area contributed by atoms with Gasteiger partial charge < -0.3 is 10.3 Å². The van der Waals surface area contributed by atoms with E-state index in [4.69, 9.17) is 4.98 Å². The Bertz CT molecular complexity index is 2000. The van der Waals surface area contributed by atoms with Gasteiger partial charge in [0.1, 0.15) is 17.0 Å². The molecule has 0 aliphatic heterocycles. The maximum absolute atomic E-state index is 14.5. The summed E-state index contributed by atoms with van der Waals surface area (Å²) in [7, 11) is -3.44. The first-order chi connectivity index (χ1) is 19.8.